The van der Waals surface area contributed by atoms with Crippen LogP contribution in [0.25, 0.3) is 6.08 Å². The Morgan fingerprint density at radius 1 is 1.18 bits per heavy atom. The van der Waals surface area contributed by atoms with Crippen molar-refractivity contribution in [3.8, 4) is 0 Å². The van der Waals surface area contributed by atoms with E-state index in [4.69, 9.17) is 0 Å². The number of hydrogen-bond donors (Lipinski definition) is 1. The van der Waals surface area contributed by atoms with Gasteiger partial charge >= 0.3 is 0 Å². The molecular weight excluding hydrogens is 316 g/mol. The maximum atomic E-state index is 12.0. The van der Waals surface area contributed by atoms with Crippen LogP contribution in [0, 0.1) is 6.92 Å². The highest BCUT2D eigenvalue weighted by molar-refractivity contribution is 8.18. The Bertz CT molecular complexity index is 791. The third-order valence-corrected chi connectivity index (χ3v) is 4.77. The number of thiophene rings is 1. The van der Waals surface area contributed by atoms with Crippen molar-refractivity contribution in [2.45, 2.75) is 6.92 Å². The monoisotopic (exact) mass is 328 g/mol. The SMILES string of the molecule is Cc1ccc(/C=C2\SC(=NC(=O)c3ccccc3)NC2=O)s1. The third-order valence-electron chi connectivity index (χ3n) is 2.91. The molecule has 1 aliphatic heterocycles. The van der Waals surface area contributed by atoms with Crippen molar-refractivity contribution >= 4 is 46.2 Å². The molecule has 22 heavy (non-hydrogen) atoms. The summed E-state index contributed by atoms with van der Waals surface area (Å²) in [7, 11) is 0. The lowest BCUT2D eigenvalue weighted by molar-refractivity contribution is -0.115. The van der Waals surface area contributed by atoms with Crippen LogP contribution in [0.4, 0.5) is 0 Å². The van der Waals surface area contributed by atoms with Gasteiger partial charge < -0.3 is 5.32 Å². The Hall–Kier alpha value is -2.18. The number of aliphatic imine (C=N–C) groups is 1. The molecule has 0 saturated carbocycles. The van der Waals surface area contributed by atoms with Crippen LogP contribution >= 0.6 is 23.1 Å². The minimum atomic E-state index is -0.364. The molecule has 1 fully saturated rings. The summed E-state index contributed by atoms with van der Waals surface area (Å²) >= 11 is 2.79. The Labute approximate surface area is 136 Å². The summed E-state index contributed by atoms with van der Waals surface area (Å²) in [5.74, 6) is -0.590. The molecule has 0 bridgehead atoms. The number of benzene rings is 1. The van der Waals surface area contributed by atoms with Gasteiger partial charge in [-0.3, -0.25) is 9.59 Å². The molecule has 1 aromatic carbocycles. The van der Waals surface area contributed by atoms with Crippen molar-refractivity contribution in [1.29, 1.82) is 0 Å². The Kier molecular flexibility index (Phi) is 4.22. The number of rotatable bonds is 2. The smallest absolute Gasteiger partial charge is 0.279 e. The van der Waals surface area contributed by atoms with Crippen molar-refractivity contribution in [3.63, 3.8) is 0 Å². The van der Waals surface area contributed by atoms with Gasteiger partial charge in [0, 0.05) is 15.3 Å². The quantitative estimate of drug-likeness (QED) is 0.859. The lowest BCUT2D eigenvalue weighted by atomic mass is 10.2. The molecule has 2 aromatic rings. The molecule has 0 aliphatic carbocycles. The molecule has 3 rings (SSSR count). The van der Waals surface area contributed by atoms with Crippen molar-refractivity contribution < 1.29 is 9.59 Å². The van der Waals surface area contributed by atoms with E-state index in [0.29, 0.717) is 15.6 Å². The number of amides is 2. The van der Waals surface area contributed by atoms with Crippen LogP contribution < -0.4 is 5.32 Å². The molecule has 0 unspecified atom stereocenters. The molecule has 1 saturated heterocycles. The van der Waals surface area contributed by atoms with Crippen LogP contribution in [0.3, 0.4) is 0 Å². The summed E-state index contributed by atoms with van der Waals surface area (Å²) in [4.78, 5) is 30.6. The molecule has 1 aromatic heterocycles. The summed E-state index contributed by atoms with van der Waals surface area (Å²) < 4.78 is 0. The number of aryl methyl sites for hydroxylation is 1. The van der Waals surface area contributed by atoms with Crippen LogP contribution in [-0.2, 0) is 4.79 Å². The summed E-state index contributed by atoms with van der Waals surface area (Å²) in [5, 5.41) is 2.94. The number of hydrogen-bond acceptors (Lipinski definition) is 4. The van der Waals surface area contributed by atoms with Crippen LogP contribution in [0.1, 0.15) is 20.1 Å². The molecule has 2 heterocycles. The first kappa shape index (κ1) is 14.7. The van der Waals surface area contributed by atoms with Crippen LogP contribution in [0.2, 0.25) is 0 Å². The van der Waals surface area contributed by atoms with E-state index >= 15 is 0 Å². The number of nitrogens with one attached hydrogen (secondary N) is 1. The summed E-state index contributed by atoms with van der Waals surface area (Å²) in [6, 6.07) is 12.7. The summed E-state index contributed by atoms with van der Waals surface area (Å²) in [5.41, 5.74) is 0.496. The predicted molar refractivity (Wildman–Crippen MR) is 91.0 cm³/mol. The van der Waals surface area contributed by atoms with E-state index in [9.17, 15) is 9.59 Å². The van der Waals surface area contributed by atoms with Gasteiger partial charge in [-0.15, -0.1) is 11.3 Å². The second kappa shape index (κ2) is 6.29. The molecule has 2 amide bonds. The number of amidine groups is 1. The average Bonchev–Trinajstić information content (AvgIpc) is 3.06. The second-order valence-corrected chi connectivity index (χ2v) is 6.95. The maximum Gasteiger partial charge on any atom is 0.279 e. The van der Waals surface area contributed by atoms with Crippen molar-refractivity contribution in [1.82, 2.24) is 5.32 Å². The zero-order valence-corrected chi connectivity index (χ0v) is 13.3. The highest BCUT2D eigenvalue weighted by atomic mass is 32.2. The lowest BCUT2D eigenvalue weighted by Gasteiger charge is -1.95. The standard InChI is InChI=1S/C16H12N2O2S2/c1-10-7-8-12(21-10)9-13-15(20)18-16(22-13)17-14(19)11-5-3-2-4-6-11/h2-9H,1H3,(H,17,18,19,20)/b13-9-. The van der Waals surface area contributed by atoms with Gasteiger partial charge in [-0.25, -0.2) is 0 Å². The van der Waals surface area contributed by atoms with Gasteiger partial charge in [0.25, 0.3) is 11.8 Å². The molecule has 0 radical (unpaired) electrons. The Balaban J connectivity index is 1.78. The first-order valence-electron chi connectivity index (χ1n) is 6.57. The Morgan fingerprint density at radius 3 is 2.64 bits per heavy atom. The van der Waals surface area contributed by atoms with Gasteiger partial charge in [-0.05, 0) is 49.0 Å². The molecule has 0 atom stereocenters. The maximum absolute atomic E-state index is 12.0. The molecular formula is C16H12N2O2S2. The predicted octanol–water partition coefficient (Wildman–Crippen LogP) is 3.46. The first-order chi connectivity index (χ1) is 10.6. The van der Waals surface area contributed by atoms with E-state index in [0.717, 1.165) is 4.88 Å². The van der Waals surface area contributed by atoms with E-state index in [1.807, 2.05) is 31.2 Å². The fourth-order valence-corrected chi connectivity index (χ4v) is 3.58. The summed E-state index contributed by atoms with van der Waals surface area (Å²) in [6.07, 6.45) is 1.81. The van der Waals surface area contributed by atoms with Gasteiger partial charge in [0.2, 0.25) is 0 Å². The topological polar surface area (TPSA) is 58.5 Å². The van der Waals surface area contributed by atoms with Gasteiger partial charge in [0.15, 0.2) is 5.17 Å². The van der Waals surface area contributed by atoms with Gasteiger partial charge in [0.1, 0.15) is 0 Å². The molecule has 6 heteroatoms. The van der Waals surface area contributed by atoms with E-state index in [1.165, 1.54) is 16.6 Å². The number of nitrogens with zero attached hydrogens (tertiary/aromatic N) is 1. The van der Waals surface area contributed by atoms with Crippen LogP contribution in [-0.4, -0.2) is 17.0 Å². The molecule has 4 nitrogen and oxygen atoms in total. The van der Waals surface area contributed by atoms with Gasteiger partial charge in [-0.1, -0.05) is 18.2 Å². The fourth-order valence-electron chi connectivity index (χ4n) is 1.88. The first-order valence-corrected chi connectivity index (χ1v) is 8.20. The third kappa shape index (κ3) is 3.35. The number of thioether (sulfide) groups is 1. The molecule has 1 N–H and O–H groups in total. The van der Waals surface area contributed by atoms with Crippen molar-refractivity contribution in [3.05, 3.63) is 62.7 Å². The number of carbonyl (C=O) groups is 2. The number of carbonyl (C=O) groups excluding carboxylic acids is 2. The van der Waals surface area contributed by atoms with Crippen LogP contribution in [0.15, 0.2) is 52.4 Å². The van der Waals surface area contributed by atoms with Crippen LogP contribution in [0.5, 0.6) is 0 Å². The zero-order valence-electron chi connectivity index (χ0n) is 11.7. The van der Waals surface area contributed by atoms with Crippen molar-refractivity contribution in [2.75, 3.05) is 0 Å². The van der Waals surface area contributed by atoms with E-state index in [-0.39, 0.29) is 11.8 Å². The minimum Gasteiger partial charge on any atom is -0.300 e. The average molecular weight is 328 g/mol. The van der Waals surface area contributed by atoms with E-state index in [2.05, 4.69) is 10.3 Å². The molecule has 1 aliphatic rings. The summed E-state index contributed by atoms with van der Waals surface area (Å²) in [6.45, 7) is 2.01. The molecule has 0 spiro atoms. The molecule has 110 valence electrons. The fraction of sp³-hybridized carbons (Fsp3) is 0.0625. The highest BCUT2D eigenvalue weighted by Crippen LogP contribution is 2.28. The van der Waals surface area contributed by atoms with Gasteiger partial charge in [0.05, 0.1) is 4.91 Å². The lowest BCUT2D eigenvalue weighted by Crippen LogP contribution is -2.20. The van der Waals surface area contributed by atoms with E-state index in [1.54, 1.807) is 35.6 Å². The second-order valence-electron chi connectivity index (χ2n) is 4.60. The van der Waals surface area contributed by atoms with E-state index < -0.39 is 0 Å². The van der Waals surface area contributed by atoms with Gasteiger partial charge in [-0.2, -0.15) is 4.99 Å². The van der Waals surface area contributed by atoms with Crippen molar-refractivity contribution in [2.24, 2.45) is 4.99 Å². The minimum absolute atomic E-state index is 0.226. The highest BCUT2D eigenvalue weighted by Gasteiger charge is 2.24. The Morgan fingerprint density at radius 2 is 1.95 bits per heavy atom. The zero-order chi connectivity index (χ0) is 15.5. The normalized spacial score (nSPS) is 18.0. The largest absolute Gasteiger partial charge is 0.300 e.